The maximum Gasteiger partial charge on any atom is 0.311 e. The molecule has 0 spiro atoms. The molecule has 0 saturated heterocycles. The van der Waals surface area contributed by atoms with E-state index in [0.29, 0.717) is 13.0 Å². The summed E-state index contributed by atoms with van der Waals surface area (Å²) in [5.41, 5.74) is 3.32. The second-order valence-electron chi connectivity index (χ2n) is 6.55. The van der Waals surface area contributed by atoms with Gasteiger partial charge in [-0.2, -0.15) is 0 Å². The lowest BCUT2D eigenvalue weighted by atomic mass is 10.1. The lowest BCUT2D eigenvalue weighted by Crippen LogP contribution is -2.33. The quantitative estimate of drug-likeness (QED) is 0.464. The van der Waals surface area contributed by atoms with Gasteiger partial charge in [-0.15, -0.1) is 11.3 Å². The fraction of sp³-hybridized carbons (Fsp3) is 0.200. The predicted molar refractivity (Wildman–Crippen MR) is 107 cm³/mol. The van der Waals surface area contributed by atoms with Crippen LogP contribution in [-0.4, -0.2) is 29.0 Å². The molecule has 1 aromatic heterocycles. The van der Waals surface area contributed by atoms with Crippen molar-refractivity contribution in [2.45, 2.75) is 13.3 Å². The molecule has 0 atom stereocenters. The van der Waals surface area contributed by atoms with E-state index in [4.69, 9.17) is 4.74 Å². The molecule has 0 saturated carbocycles. The summed E-state index contributed by atoms with van der Waals surface area (Å²) in [5, 5.41) is 14.0. The highest BCUT2D eigenvalue weighted by molar-refractivity contribution is 7.09. The highest BCUT2D eigenvalue weighted by Crippen LogP contribution is 2.33. The van der Waals surface area contributed by atoms with E-state index in [0.717, 1.165) is 45.7 Å². The van der Waals surface area contributed by atoms with Crippen LogP contribution in [0, 0.1) is 22.9 Å². The standard InChI is InChI=1S/C20H16FN3O4S/c1-12-22-16(11-29-12)13-2-4-17-14(8-13)6-7-23(17)20(25)10-28-19-9-15(21)3-5-18(19)24(26)27/h2-5,8-9,11H,6-7,10H2,1H3. The third kappa shape index (κ3) is 3.81. The number of hydrogen-bond acceptors (Lipinski definition) is 6. The highest BCUT2D eigenvalue weighted by Gasteiger charge is 2.26. The van der Waals surface area contributed by atoms with Crippen LogP contribution in [0.5, 0.6) is 5.75 Å². The summed E-state index contributed by atoms with van der Waals surface area (Å²) in [6.07, 6.45) is 0.693. The molecule has 1 amide bonds. The third-order valence-electron chi connectivity index (χ3n) is 4.66. The van der Waals surface area contributed by atoms with Crippen LogP contribution in [0.15, 0.2) is 41.8 Å². The van der Waals surface area contributed by atoms with E-state index in [1.165, 1.54) is 0 Å². The molecule has 0 fully saturated rings. The summed E-state index contributed by atoms with van der Waals surface area (Å²) in [7, 11) is 0. The Labute approximate surface area is 169 Å². The minimum atomic E-state index is -0.674. The lowest BCUT2D eigenvalue weighted by molar-refractivity contribution is -0.385. The monoisotopic (exact) mass is 413 g/mol. The van der Waals surface area contributed by atoms with E-state index in [9.17, 15) is 19.3 Å². The molecular formula is C20H16FN3O4S. The molecule has 2 heterocycles. The zero-order valence-electron chi connectivity index (χ0n) is 15.4. The fourth-order valence-corrected chi connectivity index (χ4v) is 3.91. The number of nitro groups is 1. The number of thiazole rings is 1. The number of anilines is 1. The van der Waals surface area contributed by atoms with Crippen molar-refractivity contribution in [2.75, 3.05) is 18.1 Å². The van der Waals surface area contributed by atoms with Gasteiger partial charge in [0.15, 0.2) is 6.61 Å². The van der Waals surface area contributed by atoms with Gasteiger partial charge < -0.3 is 9.64 Å². The number of rotatable bonds is 5. The van der Waals surface area contributed by atoms with Gasteiger partial charge in [0, 0.05) is 35.3 Å². The number of nitro benzene ring substituents is 1. The number of amides is 1. The van der Waals surface area contributed by atoms with Crippen molar-refractivity contribution in [3.05, 3.63) is 68.3 Å². The Morgan fingerprint density at radius 1 is 1.34 bits per heavy atom. The molecule has 148 valence electrons. The zero-order valence-corrected chi connectivity index (χ0v) is 16.2. The van der Waals surface area contributed by atoms with E-state index in [1.807, 2.05) is 30.5 Å². The van der Waals surface area contributed by atoms with Crippen LogP contribution in [0.2, 0.25) is 0 Å². The third-order valence-corrected chi connectivity index (χ3v) is 5.43. The van der Waals surface area contributed by atoms with Crippen molar-refractivity contribution in [3.8, 4) is 17.0 Å². The summed E-state index contributed by atoms with van der Waals surface area (Å²) >= 11 is 1.58. The molecule has 3 aromatic rings. The van der Waals surface area contributed by atoms with Gasteiger partial charge in [0.2, 0.25) is 5.75 Å². The number of ether oxygens (including phenoxy) is 1. The molecule has 0 aliphatic carbocycles. The van der Waals surface area contributed by atoms with Crippen LogP contribution < -0.4 is 9.64 Å². The minimum absolute atomic E-state index is 0.267. The first-order chi connectivity index (χ1) is 13.9. The second kappa shape index (κ2) is 7.59. The first-order valence-corrected chi connectivity index (χ1v) is 9.73. The summed E-state index contributed by atoms with van der Waals surface area (Å²) in [6.45, 7) is 2.02. The van der Waals surface area contributed by atoms with Crippen LogP contribution in [0.3, 0.4) is 0 Å². The maximum atomic E-state index is 13.4. The molecule has 9 heteroatoms. The average molecular weight is 413 g/mol. The second-order valence-corrected chi connectivity index (χ2v) is 7.61. The molecule has 29 heavy (non-hydrogen) atoms. The first-order valence-electron chi connectivity index (χ1n) is 8.85. The van der Waals surface area contributed by atoms with E-state index >= 15 is 0 Å². The van der Waals surface area contributed by atoms with Crippen molar-refractivity contribution in [1.82, 2.24) is 4.98 Å². The Morgan fingerprint density at radius 2 is 2.17 bits per heavy atom. The molecule has 2 aromatic carbocycles. The molecule has 4 rings (SSSR count). The molecular weight excluding hydrogens is 397 g/mol. The molecule has 1 aliphatic rings. The number of hydrogen-bond donors (Lipinski definition) is 0. The summed E-state index contributed by atoms with van der Waals surface area (Å²) < 4.78 is 18.7. The summed E-state index contributed by atoms with van der Waals surface area (Å²) in [6, 6.07) is 8.71. The van der Waals surface area contributed by atoms with Crippen LogP contribution in [0.1, 0.15) is 10.6 Å². The SMILES string of the molecule is Cc1nc(-c2ccc3c(c2)CCN3C(=O)COc2cc(F)ccc2[N+](=O)[O-])cs1. The van der Waals surface area contributed by atoms with Crippen molar-refractivity contribution >= 4 is 28.6 Å². The molecule has 0 bridgehead atoms. The zero-order chi connectivity index (χ0) is 20.5. The van der Waals surface area contributed by atoms with Gasteiger partial charge in [0.25, 0.3) is 5.91 Å². The van der Waals surface area contributed by atoms with E-state index in [2.05, 4.69) is 4.98 Å². The van der Waals surface area contributed by atoms with Gasteiger partial charge in [-0.05, 0) is 37.1 Å². The molecule has 0 radical (unpaired) electrons. The number of carbonyl (C=O) groups excluding carboxylic acids is 1. The topological polar surface area (TPSA) is 85.6 Å². The lowest BCUT2D eigenvalue weighted by Gasteiger charge is -2.18. The van der Waals surface area contributed by atoms with Crippen molar-refractivity contribution in [3.63, 3.8) is 0 Å². The van der Waals surface area contributed by atoms with E-state index in [1.54, 1.807) is 16.2 Å². The number of carbonyl (C=O) groups is 1. The van der Waals surface area contributed by atoms with Gasteiger partial charge in [-0.25, -0.2) is 9.37 Å². The van der Waals surface area contributed by atoms with Crippen molar-refractivity contribution in [2.24, 2.45) is 0 Å². The Morgan fingerprint density at radius 3 is 2.90 bits per heavy atom. The van der Waals surface area contributed by atoms with Gasteiger partial charge in [0.1, 0.15) is 5.82 Å². The van der Waals surface area contributed by atoms with E-state index < -0.39 is 17.3 Å². The van der Waals surface area contributed by atoms with Crippen molar-refractivity contribution < 1.29 is 18.8 Å². The summed E-state index contributed by atoms with van der Waals surface area (Å²) in [5.74, 6) is -1.29. The smallest absolute Gasteiger partial charge is 0.311 e. The van der Waals surface area contributed by atoms with E-state index in [-0.39, 0.29) is 17.3 Å². The normalized spacial score (nSPS) is 12.7. The van der Waals surface area contributed by atoms with Crippen LogP contribution in [0.4, 0.5) is 15.8 Å². The number of nitrogens with zero attached hydrogens (tertiary/aromatic N) is 3. The molecule has 0 N–H and O–H groups in total. The summed E-state index contributed by atoms with van der Waals surface area (Å²) in [4.78, 5) is 29.1. The Hall–Kier alpha value is -3.33. The Bertz CT molecular complexity index is 1110. The van der Waals surface area contributed by atoms with Crippen LogP contribution in [-0.2, 0) is 11.2 Å². The maximum absolute atomic E-state index is 13.4. The average Bonchev–Trinajstić information content (AvgIpc) is 3.31. The van der Waals surface area contributed by atoms with Crippen molar-refractivity contribution in [1.29, 1.82) is 0 Å². The molecule has 7 nitrogen and oxygen atoms in total. The Kier molecular flexibility index (Phi) is 4.98. The largest absolute Gasteiger partial charge is 0.477 e. The van der Waals surface area contributed by atoms with Crippen LogP contribution >= 0.6 is 11.3 Å². The number of benzene rings is 2. The molecule has 1 aliphatic heterocycles. The molecule has 0 unspecified atom stereocenters. The van der Waals surface area contributed by atoms with Gasteiger partial charge >= 0.3 is 5.69 Å². The first kappa shape index (κ1) is 19.0. The number of aryl methyl sites for hydroxylation is 1. The predicted octanol–water partition coefficient (Wildman–Crippen LogP) is 4.13. The van der Waals surface area contributed by atoms with Gasteiger partial charge in [-0.3, -0.25) is 14.9 Å². The number of aromatic nitrogens is 1. The van der Waals surface area contributed by atoms with Gasteiger partial charge in [0.05, 0.1) is 15.6 Å². The highest BCUT2D eigenvalue weighted by atomic mass is 32.1. The number of fused-ring (bicyclic) bond motifs is 1. The van der Waals surface area contributed by atoms with Gasteiger partial charge in [-0.1, -0.05) is 6.07 Å². The fourth-order valence-electron chi connectivity index (χ4n) is 3.29. The number of halogens is 1. The van der Waals surface area contributed by atoms with Crippen LogP contribution in [0.25, 0.3) is 11.3 Å². The minimum Gasteiger partial charge on any atom is -0.477 e. The Balaban J connectivity index is 1.49.